The number of hydrogen-bond donors (Lipinski definition) is 0. The van der Waals surface area contributed by atoms with E-state index in [1.807, 2.05) is 0 Å². The monoisotopic (exact) mass is 149 g/mol. The molecule has 3 nitrogen and oxygen atoms in total. The highest BCUT2D eigenvalue weighted by atomic mass is 32.2. The summed E-state index contributed by atoms with van der Waals surface area (Å²) in [4.78, 5) is 0. The zero-order valence-electron chi connectivity index (χ0n) is 5.04. The molecule has 4 heteroatoms. The molecule has 1 saturated heterocycles. The summed E-state index contributed by atoms with van der Waals surface area (Å²) in [6, 6.07) is 0. The third kappa shape index (κ3) is 2.04. The van der Waals surface area contributed by atoms with Gasteiger partial charge in [-0.25, -0.2) is 0 Å². The Morgan fingerprint density at radius 1 is 1.44 bits per heavy atom. The van der Waals surface area contributed by atoms with Crippen molar-refractivity contribution in [3.05, 3.63) is 0 Å². The molecule has 0 saturated carbocycles. The summed E-state index contributed by atoms with van der Waals surface area (Å²) in [5.41, 5.74) is 0. The molecule has 0 amide bonds. The van der Waals surface area contributed by atoms with Crippen molar-refractivity contribution in [1.82, 2.24) is 0 Å². The first-order valence-corrected chi connectivity index (χ1v) is 4.10. The predicted molar refractivity (Wildman–Crippen MR) is 32.8 cm³/mol. The Kier molecular flexibility index (Phi) is 2.63. The highest BCUT2D eigenvalue weighted by molar-refractivity contribution is 7.79. The number of ether oxygens (including phenoxy) is 1. The Morgan fingerprint density at radius 3 is 2.33 bits per heavy atom. The van der Waals surface area contributed by atoms with Gasteiger partial charge < -0.3 is 9.29 Å². The van der Waals surface area contributed by atoms with Crippen LogP contribution in [0.25, 0.3) is 0 Å². The molecular formula is C5H9O3S-. The van der Waals surface area contributed by atoms with Crippen LogP contribution in [0.1, 0.15) is 12.8 Å². The van der Waals surface area contributed by atoms with Gasteiger partial charge in [-0.1, -0.05) is 11.1 Å². The second-order valence-corrected chi connectivity index (χ2v) is 3.26. The van der Waals surface area contributed by atoms with Gasteiger partial charge in [0.2, 0.25) is 0 Å². The zero-order chi connectivity index (χ0) is 6.69. The summed E-state index contributed by atoms with van der Waals surface area (Å²) in [5, 5.41) is -0.154. The molecule has 0 aromatic heterocycles. The van der Waals surface area contributed by atoms with Crippen LogP contribution in [-0.2, 0) is 15.8 Å². The van der Waals surface area contributed by atoms with Crippen molar-refractivity contribution in [2.75, 3.05) is 13.2 Å². The van der Waals surface area contributed by atoms with Crippen molar-refractivity contribution in [1.29, 1.82) is 0 Å². The van der Waals surface area contributed by atoms with Crippen LogP contribution < -0.4 is 0 Å². The highest BCUT2D eigenvalue weighted by Gasteiger charge is 2.13. The minimum Gasteiger partial charge on any atom is -0.772 e. The zero-order valence-corrected chi connectivity index (χ0v) is 5.86. The molecule has 0 bridgehead atoms. The second-order valence-electron chi connectivity index (χ2n) is 2.07. The summed E-state index contributed by atoms with van der Waals surface area (Å²) in [6.45, 7) is 1.19. The van der Waals surface area contributed by atoms with Gasteiger partial charge in [0.1, 0.15) is 0 Å². The van der Waals surface area contributed by atoms with Crippen LogP contribution in [0, 0.1) is 0 Å². The molecule has 9 heavy (non-hydrogen) atoms. The van der Waals surface area contributed by atoms with E-state index in [0.717, 1.165) is 0 Å². The van der Waals surface area contributed by atoms with Crippen LogP contribution in [0.3, 0.4) is 0 Å². The van der Waals surface area contributed by atoms with E-state index in [1.54, 1.807) is 0 Å². The highest BCUT2D eigenvalue weighted by Crippen LogP contribution is 2.10. The quantitative estimate of drug-likeness (QED) is 0.495. The van der Waals surface area contributed by atoms with E-state index in [9.17, 15) is 8.76 Å². The largest absolute Gasteiger partial charge is 0.772 e. The fraction of sp³-hybridized carbons (Fsp3) is 1.00. The smallest absolute Gasteiger partial charge is 0.0477 e. The minimum absolute atomic E-state index is 0.154. The standard InChI is InChI=1S/C5H10O3S/c6-9(7)5-1-3-8-4-2-5/h5H,1-4H2,(H,6,7)/p-1. The third-order valence-corrected chi connectivity index (χ3v) is 2.46. The van der Waals surface area contributed by atoms with Gasteiger partial charge in [0.25, 0.3) is 0 Å². The van der Waals surface area contributed by atoms with E-state index >= 15 is 0 Å². The van der Waals surface area contributed by atoms with E-state index in [2.05, 4.69) is 0 Å². The lowest BCUT2D eigenvalue weighted by Gasteiger charge is -2.23. The van der Waals surface area contributed by atoms with E-state index < -0.39 is 11.1 Å². The fourth-order valence-electron chi connectivity index (χ4n) is 0.868. The molecule has 1 aliphatic heterocycles. The number of hydrogen-bond acceptors (Lipinski definition) is 3. The van der Waals surface area contributed by atoms with E-state index in [0.29, 0.717) is 26.1 Å². The molecule has 0 aliphatic carbocycles. The van der Waals surface area contributed by atoms with Crippen LogP contribution in [0.5, 0.6) is 0 Å². The Morgan fingerprint density at radius 2 is 2.00 bits per heavy atom. The van der Waals surface area contributed by atoms with Crippen molar-refractivity contribution >= 4 is 11.1 Å². The second kappa shape index (κ2) is 3.29. The molecule has 1 heterocycles. The molecule has 1 fully saturated rings. The first-order valence-electron chi connectivity index (χ1n) is 2.96. The van der Waals surface area contributed by atoms with Crippen molar-refractivity contribution in [3.63, 3.8) is 0 Å². The van der Waals surface area contributed by atoms with Gasteiger partial charge in [0.15, 0.2) is 0 Å². The van der Waals surface area contributed by atoms with Crippen LogP contribution in [0.15, 0.2) is 0 Å². The van der Waals surface area contributed by atoms with Crippen molar-refractivity contribution in [3.8, 4) is 0 Å². The molecule has 54 valence electrons. The van der Waals surface area contributed by atoms with Gasteiger partial charge in [-0.05, 0) is 12.8 Å². The molecule has 1 atom stereocenters. The van der Waals surface area contributed by atoms with Crippen LogP contribution >= 0.6 is 0 Å². The van der Waals surface area contributed by atoms with Gasteiger partial charge in [0.05, 0.1) is 0 Å². The molecule has 1 unspecified atom stereocenters. The maximum atomic E-state index is 10.3. The Hall–Kier alpha value is 0.0700. The third-order valence-electron chi connectivity index (χ3n) is 1.44. The Labute approximate surface area is 56.7 Å². The fourth-order valence-corrected chi connectivity index (χ4v) is 1.45. The maximum Gasteiger partial charge on any atom is 0.0477 e. The van der Waals surface area contributed by atoms with Gasteiger partial charge in [-0.15, -0.1) is 0 Å². The van der Waals surface area contributed by atoms with Gasteiger partial charge in [-0.3, -0.25) is 4.21 Å². The van der Waals surface area contributed by atoms with Crippen molar-refractivity contribution in [2.45, 2.75) is 18.1 Å². The summed E-state index contributed by atoms with van der Waals surface area (Å²) in [7, 11) is 0. The maximum absolute atomic E-state index is 10.3. The summed E-state index contributed by atoms with van der Waals surface area (Å²) in [5.74, 6) is 0. The first-order chi connectivity index (χ1) is 4.30. The molecular weight excluding hydrogens is 140 g/mol. The Bertz CT molecular complexity index is 109. The van der Waals surface area contributed by atoms with Gasteiger partial charge in [-0.2, -0.15) is 0 Å². The average Bonchev–Trinajstić information content (AvgIpc) is 1.90. The number of rotatable bonds is 1. The lowest BCUT2D eigenvalue weighted by Crippen LogP contribution is -2.24. The Balaban J connectivity index is 2.31. The minimum atomic E-state index is -1.88. The van der Waals surface area contributed by atoms with E-state index in [1.165, 1.54) is 0 Å². The lowest BCUT2D eigenvalue weighted by molar-refractivity contribution is 0.0980. The normalized spacial score (nSPS) is 25.9. The SMILES string of the molecule is O=S([O-])C1CCOCC1. The predicted octanol–water partition coefficient (Wildman–Crippen LogP) is 0.0445. The molecule has 0 radical (unpaired) electrons. The lowest BCUT2D eigenvalue weighted by atomic mass is 10.2. The van der Waals surface area contributed by atoms with E-state index in [4.69, 9.17) is 4.74 Å². The average molecular weight is 149 g/mol. The van der Waals surface area contributed by atoms with Crippen LogP contribution in [0.4, 0.5) is 0 Å². The molecule has 0 aromatic rings. The molecule has 1 aliphatic rings. The summed E-state index contributed by atoms with van der Waals surface area (Å²) in [6.07, 6.45) is 1.33. The summed E-state index contributed by atoms with van der Waals surface area (Å²) < 4.78 is 25.6. The molecule has 0 spiro atoms. The molecule has 1 rings (SSSR count). The first kappa shape index (κ1) is 7.18. The summed E-state index contributed by atoms with van der Waals surface area (Å²) >= 11 is -1.88. The van der Waals surface area contributed by atoms with Crippen molar-refractivity contribution in [2.24, 2.45) is 0 Å². The molecule has 0 aromatic carbocycles. The van der Waals surface area contributed by atoms with Crippen molar-refractivity contribution < 1.29 is 13.5 Å². The topological polar surface area (TPSA) is 49.4 Å². The van der Waals surface area contributed by atoms with Gasteiger partial charge >= 0.3 is 0 Å². The molecule has 0 N–H and O–H groups in total. The van der Waals surface area contributed by atoms with Crippen LogP contribution in [0.2, 0.25) is 0 Å². The van der Waals surface area contributed by atoms with E-state index in [-0.39, 0.29) is 5.25 Å². The van der Waals surface area contributed by atoms with Gasteiger partial charge in [0, 0.05) is 18.5 Å². The van der Waals surface area contributed by atoms with Crippen LogP contribution in [-0.4, -0.2) is 27.2 Å².